The third kappa shape index (κ3) is 4.72. The Bertz CT molecular complexity index is 445. The Hall–Kier alpha value is -1.06. The van der Waals surface area contributed by atoms with Crippen LogP contribution in [-0.2, 0) is 11.8 Å². The average Bonchev–Trinajstić information content (AvgIpc) is 2.46. The van der Waals surface area contributed by atoms with Crippen LogP contribution in [0.3, 0.4) is 0 Å². The van der Waals surface area contributed by atoms with Crippen molar-refractivity contribution in [2.75, 3.05) is 39.3 Å². The Morgan fingerprint density at radius 1 is 1.19 bits per heavy atom. The molecule has 0 unspecified atom stereocenters. The minimum Gasteiger partial charge on any atom is -0.494 e. The van der Waals surface area contributed by atoms with Crippen molar-refractivity contribution in [3.8, 4) is 5.75 Å². The fraction of sp³-hybridized carbons (Fsp3) is 0.667. The first-order valence-corrected chi connectivity index (χ1v) is 8.20. The Balaban J connectivity index is 2.06. The van der Waals surface area contributed by atoms with Crippen molar-refractivity contribution >= 4 is 0 Å². The van der Waals surface area contributed by atoms with Crippen LogP contribution >= 0.6 is 0 Å². The van der Waals surface area contributed by atoms with Gasteiger partial charge in [0.05, 0.1) is 6.61 Å². The molecule has 0 spiro atoms. The highest BCUT2D eigenvalue weighted by molar-refractivity contribution is 5.41. The van der Waals surface area contributed by atoms with Gasteiger partial charge in [0.2, 0.25) is 0 Å². The van der Waals surface area contributed by atoms with Crippen LogP contribution in [0.4, 0.5) is 0 Å². The molecule has 1 aromatic carbocycles. The first-order chi connectivity index (χ1) is 10.0. The van der Waals surface area contributed by atoms with Gasteiger partial charge in [-0.3, -0.25) is 0 Å². The maximum absolute atomic E-state index is 5.79. The molecule has 0 aromatic heterocycles. The zero-order valence-corrected chi connectivity index (χ0v) is 14.0. The zero-order chi connectivity index (χ0) is 15.3. The van der Waals surface area contributed by atoms with Crippen molar-refractivity contribution in [1.82, 2.24) is 10.2 Å². The Morgan fingerprint density at radius 3 is 2.52 bits per heavy atom. The molecular formula is C18H30N2O. The van der Waals surface area contributed by atoms with Crippen LogP contribution in [-0.4, -0.2) is 44.2 Å². The quantitative estimate of drug-likeness (QED) is 0.902. The summed E-state index contributed by atoms with van der Waals surface area (Å²) in [5, 5.41) is 3.41. The summed E-state index contributed by atoms with van der Waals surface area (Å²) in [4.78, 5) is 2.55. The molecule has 1 aliphatic rings. The maximum Gasteiger partial charge on any atom is 0.123 e. The average molecular weight is 290 g/mol. The van der Waals surface area contributed by atoms with E-state index in [1.807, 2.05) is 6.92 Å². The van der Waals surface area contributed by atoms with Gasteiger partial charge in [0, 0.05) is 32.7 Å². The van der Waals surface area contributed by atoms with Gasteiger partial charge >= 0.3 is 0 Å². The van der Waals surface area contributed by atoms with Gasteiger partial charge in [-0.05, 0) is 36.0 Å². The van der Waals surface area contributed by atoms with E-state index in [2.05, 4.69) is 49.2 Å². The van der Waals surface area contributed by atoms with E-state index in [-0.39, 0.29) is 5.41 Å². The molecule has 1 heterocycles. The normalized spacial score (nSPS) is 17.0. The van der Waals surface area contributed by atoms with Crippen LogP contribution in [0.5, 0.6) is 5.75 Å². The number of benzene rings is 1. The summed E-state index contributed by atoms with van der Waals surface area (Å²) < 4.78 is 5.79. The molecular weight excluding hydrogens is 260 g/mol. The maximum atomic E-state index is 5.79. The van der Waals surface area contributed by atoms with E-state index in [9.17, 15) is 0 Å². The second-order valence-corrected chi connectivity index (χ2v) is 6.86. The summed E-state index contributed by atoms with van der Waals surface area (Å²) in [7, 11) is 0. The number of nitrogens with one attached hydrogen (secondary N) is 1. The van der Waals surface area contributed by atoms with Crippen LogP contribution in [0.2, 0.25) is 0 Å². The van der Waals surface area contributed by atoms with Crippen molar-refractivity contribution in [3.05, 3.63) is 29.3 Å². The molecule has 0 amide bonds. The fourth-order valence-electron chi connectivity index (χ4n) is 2.82. The SMILES string of the molecule is CCOc1ccc(CCN2CCNCC2)cc1C(C)(C)C. The number of hydrogen-bond donors (Lipinski definition) is 1. The van der Waals surface area contributed by atoms with E-state index >= 15 is 0 Å². The summed E-state index contributed by atoms with van der Waals surface area (Å²) in [5.41, 5.74) is 2.86. The number of hydrogen-bond acceptors (Lipinski definition) is 3. The standard InChI is InChI=1S/C18H30N2O/c1-5-21-17-7-6-15(14-16(17)18(2,3)4)8-11-20-12-9-19-10-13-20/h6-7,14,19H,5,8-13H2,1-4H3. The molecule has 0 atom stereocenters. The van der Waals surface area contributed by atoms with Crippen molar-refractivity contribution in [1.29, 1.82) is 0 Å². The predicted molar refractivity (Wildman–Crippen MR) is 89.3 cm³/mol. The first-order valence-electron chi connectivity index (χ1n) is 8.20. The highest BCUT2D eigenvalue weighted by Gasteiger charge is 2.19. The largest absolute Gasteiger partial charge is 0.494 e. The zero-order valence-electron chi connectivity index (χ0n) is 14.0. The van der Waals surface area contributed by atoms with E-state index in [1.54, 1.807) is 0 Å². The second kappa shape index (κ2) is 7.28. The molecule has 0 radical (unpaired) electrons. The summed E-state index contributed by atoms with van der Waals surface area (Å²) in [6, 6.07) is 6.72. The van der Waals surface area contributed by atoms with E-state index in [0.29, 0.717) is 0 Å². The van der Waals surface area contributed by atoms with Gasteiger partial charge in [0.15, 0.2) is 0 Å². The van der Waals surface area contributed by atoms with Crippen molar-refractivity contribution in [2.45, 2.75) is 39.5 Å². The van der Waals surface area contributed by atoms with Crippen molar-refractivity contribution < 1.29 is 4.74 Å². The van der Waals surface area contributed by atoms with E-state index < -0.39 is 0 Å². The summed E-state index contributed by atoms with van der Waals surface area (Å²) in [5.74, 6) is 1.04. The molecule has 2 rings (SSSR count). The molecule has 21 heavy (non-hydrogen) atoms. The first kappa shape index (κ1) is 16.3. The van der Waals surface area contributed by atoms with E-state index in [0.717, 1.165) is 38.4 Å². The van der Waals surface area contributed by atoms with Crippen molar-refractivity contribution in [3.63, 3.8) is 0 Å². The minimum absolute atomic E-state index is 0.121. The third-order valence-electron chi connectivity index (χ3n) is 4.08. The second-order valence-electron chi connectivity index (χ2n) is 6.86. The molecule has 1 aliphatic heterocycles. The van der Waals surface area contributed by atoms with Gasteiger partial charge in [-0.2, -0.15) is 0 Å². The molecule has 0 aliphatic carbocycles. The smallest absolute Gasteiger partial charge is 0.123 e. The number of piperazine rings is 1. The van der Waals surface area contributed by atoms with Gasteiger partial charge in [-0.25, -0.2) is 0 Å². The number of rotatable bonds is 5. The number of ether oxygens (including phenoxy) is 1. The highest BCUT2D eigenvalue weighted by atomic mass is 16.5. The Kier molecular flexibility index (Phi) is 5.65. The predicted octanol–water partition coefficient (Wildman–Crippen LogP) is 2.83. The van der Waals surface area contributed by atoms with Gasteiger partial charge in [-0.1, -0.05) is 32.9 Å². The molecule has 118 valence electrons. The summed E-state index contributed by atoms with van der Waals surface area (Å²) in [6.07, 6.45) is 1.12. The molecule has 3 nitrogen and oxygen atoms in total. The summed E-state index contributed by atoms with van der Waals surface area (Å²) >= 11 is 0. The molecule has 1 saturated heterocycles. The lowest BCUT2D eigenvalue weighted by Crippen LogP contribution is -2.44. The number of nitrogens with zero attached hydrogens (tertiary/aromatic N) is 1. The minimum atomic E-state index is 0.121. The molecule has 0 bridgehead atoms. The summed E-state index contributed by atoms with van der Waals surface area (Å²) in [6.45, 7) is 15.3. The van der Waals surface area contributed by atoms with Crippen molar-refractivity contribution in [2.24, 2.45) is 0 Å². The Labute approximate surface area is 129 Å². The lowest BCUT2D eigenvalue weighted by Gasteiger charge is -2.27. The topological polar surface area (TPSA) is 24.5 Å². The fourth-order valence-corrected chi connectivity index (χ4v) is 2.82. The van der Waals surface area contributed by atoms with Crippen LogP contribution in [0.1, 0.15) is 38.8 Å². The molecule has 3 heteroatoms. The van der Waals surface area contributed by atoms with Gasteiger partial charge in [0.1, 0.15) is 5.75 Å². The van der Waals surface area contributed by atoms with Gasteiger partial charge < -0.3 is 15.0 Å². The monoisotopic (exact) mass is 290 g/mol. The van der Waals surface area contributed by atoms with Gasteiger partial charge in [0.25, 0.3) is 0 Å². The highest BCUT2D eigenvalue weighted by Crippen LogP contribution is 2.32. The van der Waals surface area contributed by atoms with Gasteiger partial charge in [-0.15, -0.1) is 0 Å². The molecule has 1 N–H and O–H groups in total. The lowest BCUT2D eigenvalue weighted by atomic mass is 9.85. The van der Waals surface area contributed by atoms with E-state index in [1.165, 1.54) is 24.2 Å². The Morgan fingerprint density at radius 2 is 1.90 bits per heavy atom. The van der Waals surface area contributed by atoms with Crippen LogP contribution in [0, 0.1) is 0 Å². The van der Waals surface area contributed by atoms with E-state index in [4.69, 9.17) is 4.74 Å². The van der Waals surface area contributed by atoms with Crippen LogP contribution < -0.4 is 10.1 Å². The van der Waals surface area contributed by atoms with Crippen LogP contribution in [0.25, 0.3) is 0 Å². The molecule has 0 saturated carbocycles. The molecule has 1 fully saturated rings. The third-order valence-corrected chi connectivity index (χ3v) is 4.08. The lowest BCUT2D eigenvalue weighted by molar-refractivity contribution is 0.244. The van der Waals surface area contributed by atoms with Crippen LogP contribution in [0.15, 0.2) is 18.2 Å². The molecule has 1 aromatic rings.